The number of aromatic nitrogens is 4. The molecule has 0 atom stereocenters. The Morgan fingerprint density at radius 1 is 1.37 bits per heavy atom. The van der Waals surface area contributed by atoms with Crippen LogP contribution in [0, 0.1) is 6.92 Å². The van der Waals surface area contributed by atoms with Crippen molar-refractivity contribution in [3.8, 4) is 0 Å². The van der Waals surface area contributed by atoms with E-state index in [0.717, 1.165) is 24.1 Å². The number of H-pyrrole nitrogens is 2. The van der Waals surface area contributed by atoms with Gasteiger partial charge in [-0.15, -0.1) is 0 Å². The van der Waals surface area contributed by atoms with E-state index in [0.29, 0.717) is 6.54 Å². The SMILES string of the molecule is Cc1[nH]ncc1CCCNC(=O)c1ccc(=O)[nH]n1. The van der Waals surface area contributed by atoms with Crippen molar-refractivity contribution in [3.63, 3.8) is 0 Å². The zero-order chi connectivity index (χ0) is 13.7. The van der Waals surface area contributed by atoms with Crippen LogP contribution in [0.1, 0.15) is 28.2 Å². The minimum Gasteiger partial charge on any atom is -0.351 e. The number of nitrogens with zero attached hydrogens (tertiary/aromatic N) is 2. The first kappa shape index (κ1) is 13.0. The van der Waals surface area contributed by atoms with Crippen LogP contribution in [0.4, 0.5) is 0 Å². The van der Waals surface area contributed by atoms with Gasteiger partial charge >= 0.3 is 0 Å². The van der Waals surface area contributed by atoms with Crippen molar-refractivity contribution in [1.82, 2.24) is 25.7 Å². The van der Waals surface area contributed by atoms with Crippen LogP contribution in [-0.2, 0) is 6.42 Å². The van der Waals surface area contributed by atoms with Crippen LogP contribution in [0.25, 0.3) is 0 Å². The summed E-state index contributed by atoms with van der Waals surface area (Å²) in [6.07, 6.45) is 3.46. The number of hydrogen-bond acceptors (Lipinski definition) is 4. The van der Waals surface area contributed by atoms with Gasteiger partial charge in [-0.2, -0.15) is 10.2 Å². The van der Waals surface area contributed by atoms with Crippen LogP contribution in [0.15, 0.2) is 23.1 Å². The molecule has 0 aromatic carbocycles. The molecule has 2 heterocycles. The summed E-state index contributed by atoms with van der Waals surface area (Å²) in [6.45, 7) is 2.51. The van der Waals surface area contributed by atoms with Gasteiger partial charge in [0, 0.05) is 18.3 Å². The largest absolute Gasteiger partial charge is 0.351 e. The van der Waals surface area contributed by atoms with E-state index in [-0.39, 0.29) is 17.2 Å². The average molecular weight is 261 g/mol. The highest BCUT2D eigenvalue weighted by Gasteiger charge is 2.06. The van der Waals surface area contributed by atoms with E-state index in [1.807, 2.05) is 6.92 Å². The predicted molar refractivity (Wildman–Crippen MR) is 68.8 cm³/mol. The quantitative estimate of drug-likeness (QED) is 0.667. The van der Waals surface area contributed by atoms with Crippen LogP contribution in [0.3, 0.4) is 0 Å². The van der Waals surface area contributed by atoms with Crippen molar-refractivity contribution >= 4 is 5.91 Å². The summed E-state index contributed by atoms with van der Waals surface area (Å²) in [5, 5.41) is 15.4. The lowest BCUT2D eigenvalue weighted by atomic mass is 10.1. The standard InChI is InChI=1S/C12H15N5O2/c1-8-9(7-14-15-8)3-2-6-13-12(19)10-4-5-11(18)17-16-10/h4-5,7H,2-3,6H2,1H3,(H,13,19)(H,14,15)(H,17,18). The summed E-state index contributed by atoms with van der Waals surface area (Å²) in [4.78, 5) is 22.5. The molecule has 0 aliphatic heterocycles. The number of aryl methyl sites for hydroxylation is 2. The number of amides is 1. The molecule has 2 aromatic heterocycles. The van der Waals surface area contributed by atoms with Crippen LogP contribution >= 0.6 is 0 Å². The van der Waals surface area contributed by atoms with E-state index in [4.69, 9.17) is 0 Å². The second kappa shape index (κ2) is 5.94. The highest BCUT2D eigenvalue weighted by molar-refractivity contribution is 5.91. The maximum atomic E-state index is 11.7. The monoisotopic (exact) mass is 261 g/mol. The van der Waals surface area contributed by atoms with E-state index < -0.39 is 0 Å². The van der Waals surface area contributed by atoms with Crippen molar-refractivity contribution in [3.05, 3.63) is 45.6 Å². The first-order valence-corrected chi connectivity index (χ1v) is 5.99. The third-order valence-electron chi connectivity index (χ3n) is 2.75. The molecular weight excluding hydrogens is 246 g/mol. The molecule has 19 heavy (non-hydrogen) atoms. The van der Waals surface area contributed by atoms with E-state index >= 15 is 0 Å². The molecule has 0 saturated carbocycles. The zero-order valence-electron chi connectivity index (χ0n) is 10.6. The number of hydrogen-bond donors (Lipinski definition) is 3. The Labute approximate surface area is 109 Å². The molecule has 0 spiro atoms. The van der Waals surface area contributed by atoms with Crippen molar-refractivity contribution in [2.24, 2.45) is 0 Å². The Morgan fingerprint density at radius 2 is 2.21 bits per heavy atom. The highest BCUT2D eigenvalue weighted by atomic mass is 16.2. The van der Waals surface area contributed by atoms with E-state index in [1.165, 1.54) is 12.1 Å². The number of aromatic amines is 2. The number of carbonyl (C=O) groups is 1. The number of rotatable bonds is 5. The van der Waals surface area contributed by atoms with Gasteiger partial charge in [0.2, 0.25) is 0 Å². The molecule has 0 aliphatic rings. The second-order valence-corrected chi connectivity index (χ2v) is 4.19. The van der Waals surface area contributed by atoms with Crippen LogP contribution < -0.4 is 10.9 Å². The van der Waals surface area contributed by atoms with Gasteiger partial charge in [0.1, 0.15) is 5.69 Å². The van der Waals surface area contributed by atoms with E-state index in [1.54, 1.807) is 6.20 Å². The Bertz CT molecular complexity index is 596. The molecule has 100 valence electrons. The van der Waals surface area contributed by atoms with Crippen LogP contribution in [-0.4, -0.2) is 32.8 Å². The molecule has 2 rings (SSSR count). The van der Waals surface area contributed by atoms with Gasteiger partial charge in [-0.05, 0) is 31.4 Å². The highest BCUT2D eigenvalue weighted by Crippen LogP contribution is 2.05. The van der Waals surface area contributed by atoms with Crippen molar-refractivity contribution in [2.75, 3.05) is 6.54 Å². The topological polar surface area (TPSA) is 104 Å². The molecule has 3 N–H and O–H groups in total. The molecule has 2 aromatic rings. The maximum Gasteiger partial charge on any atom is 0.271 e. The molecule has 0 aliphatic carbocycles. The predicted octanol–water partition coefficient (Wildman–Crippen LogP) is 0.164. The molecule has 0 bridgehead atoms. The summed E-state index contributed by atoms with van der Waals surface area (Å²) in [7, 11) is 0. The lowest BCUT2D eigenvalue weighted by Crippen LogP contribution is -2.26. The Morgan fingerprint density at radius 3 is 2.84 bits per heavy atom. The lowest BCUT2D eigenvalue weighted by molar-refractivity contribution is 0.0947. The molecule has 0 saturated heterocycles. The molecule has 0 unspecified atom stereocenters. The van der Waals surface area contributed by atoms with Crippen molar-refractivity contribution < 1.29 is 4.79 Å². The fraction of sp³-hybridized carbons (Fsp3) is 0.333. The Hall–Kier alpha value is -2.44. The van der Waals surface area contributed by atoms with Gasteiger partial charge in [-0.25, -0.2) is 5.10 Å². The molecule has 7 nitrogen and oxygen atoms in total. The van der Waals surface area contributed by atoms with E-state index in [9.17, 15) is 9.59 Å². The van der Waals surface area contributed by atoms with Crippen molar-refractivity contribution in [2.45, 2.75) is 19.8 Å². The lowest BCUT2D eigenvalue weighted by Gasteiger charge is -2.03. The summed E-state index contributed by atoms with van der Waals surface area (Å²) in [6, 6.07) is 2.67. The van der Waals surface area contributed by atoms with Crippen LogP contribution in [0.2, 0.25) is 0 Å². The zero-order valence-corrected chi connectivity index (χ0v) is 10.6. The summed E-state index contributed by atoms with van der Waals surface area (Å²) in [5.41, 5.74) is 2.08. The van der Waals surface area contributed by atoms with Gasteiger partial charge in [0.15, 0.2) is 0 Å². The Balaban J connectivity index is 1.77. The minimum absolute atomic E-state index is 0.207. The molecular formula is C12H15N5O2. The fourth-order valence-electron chi connectivity index (χ4n) is 1.67. The number of carbonyl (C=O) groups excluding carboxylic acids is 1. The summed E-state index contributed by atoms with van der Waals surface area (Å²) in [5.74, 6) is -0.292. The third kappa shape index (κ3) is 3.51. The maximum absolute atomic E-state index is 11.7. The number of nitrogens with one attached hydrogen (secondary N) is 3. The normalized spacial score (nSPS) is 10.4. The molecule has 0 radical (unpaired) electrons. The van der Waals surface area contributed by atoms with Gasteiger partial charge < -0.3 is 5.32 Å². The second-order valence-electron chi connectivity index (χ2n) is 4.19. The Kier molecular flexibility index (Phi) is 4.07. The minimum atomic E-state index is -0.327. The van der Waals surface area contributed by atoms with E-state index in [2.05, 4.69) is 25.7 Å². The van der Waals surface area contributed by atoms with Crippen LogP contribution in [0.5, 0.6) is 0 Å². The average Bonchev–Trinajstić information content (AvgIpc) is 2.81. The molecule has 7 heteroatoms. The molecule has 1 amide bonds. The van der Waals surface area contributed by atoms with Gasteiger partial charge in [0.25, 0.3) is 11.5 Å². The van der Waals surface area contributed by atoms with Gasteiger partial charge in [-0.3, -0.25) is 14.7 Å². The first-order chi connectivity index (χ1) is 9.16. The third-order valence-corrected chi connectivity index (χ3v) is 2.75. The van der Waals surface area contributed by atoms with Crippen molar-refractivity contribution in [1.29, 1.82) is 0 Å². The fourth-order valence-corrected chi connectivity index (χ4v) is 1.67. The van der Waals surface area contributed by atoms with Gasteiger partial charge in [0.05, 0.1) is 6.20 Å². The summed E-state index contributed by atoms with van der Waals surface area (Å²) < 4.78 is 0. The summed E-state index contributed by atoms with van der Waals surface area (Å²) >= 11 is 0. The molecule has 0 fully saturated rings. The first-order valence-electron chi connectivity index (χ1n) is 5.99. The smallest absolute Gasteiger partial charge is 0.271 e. The van der Waals surface area contributed by atoms with Gasteiger partial charge in [-0.1, -0.05) is 0 Å².